The van der Waals surface area contributed by atoms with Crippen molar-refractivity contribution in [3.05, 3.63) is 112 Å². The van der Waals surface area contributed by atoms with Crippen molar-refractivity contribution in [1.82, 2.24) is 0 Å². The summed E-state index contributed by atoms with van der Waals surface area (Å²) in [5.41, 5.74) is 0.740. The molecule has 0 saturated carbocycles. The molecule has 0 aliphatic rings. The smallest absolute Gasteiger partial charge is 0.276 e. The maximum atomic E-state index is 12.6. The summed E-state index contributed by atoms with van der Waals surface area (Å²) < 4.78 is 16.8. The molecule has 4 aromatic carbocycles. The zero-order valence-electron chi connectivity index (χ0n) is 18.4. The molecule has 4 aromatic rings. The lowest BCUT2D eigenvalue weighted by Crippen LogP contribution is -2.12. The normalized spacial score (nSPS) is 10.3. The summed E-state index contributed by atoms with van der Waals surface area (Å²) >= 11 is 5.98. The van der Waals surface area contributed by atoms with Gasteiger partial charge in [0.05, 0.1) is 29.9 Å². The Morgan fingerprint density at radius 1 is 0.829 bits per heavy atom. The number of para-hydroxylation sites is 2. The highest BCUT2D eigenvalue weighted by Gasteiger charge is 2.14. The topological polar surface area (TPSA) is 99.9 Å². The first-order valence-electron chi connectivity index (χ1n) is 10.4. The van der Waals surface area contributed by atoms with E-state index in [2.05, 4.69) is 5.32 Å². The van der Waals surface area contributed by atoms with Crippen LogP contribution in [0.1, 0.15) is 10.4 Å². The number of halogens is 1. The number of hydrogen-bond donors (Lipinski definition) is 1. The monoisotopic (exact) mass is 490 g/mol. The molecule has 0 unspecified atom stereocenters. The van der Waals surface area contributed by atoms with Crippen LogP contribution in [0.5, 0.6) is 28.7 Å². The van der Waals surface area contributed by atoms with Crippen LogP contribution in [-0.4, -0.2) is 17.9 Å². The fourth-order valence-corrected chi connectivity index (χ4v) is 3.38. The van der Waals surface area contributed by atoms with Crippen molar-refractivity contribution in [3.8, 4) is 28.7 Å². The molecule has 0 bridgehead atoms. The second-order valence-corrected chi connectivity index (χ2v) is 7.70. The molecule has 0 aromatic heterocycles. The third kappa shape index (κ3) is 6.07. The standard InChI is InChI=1S/C26H19ClN2O6/c1-33-25-8-3-2-7-24(25)28-26(30)17-9-11-20(12-10-17)34-22-14-19(29(31)32)15-23(16-22)35-21-6-4-5-18(27)13-21/h2-16H,1H3,(H,28,30). The summed E-state index contributed by atoms with van der Waals surface area (Å²) in [6, 6.07) is 24.2. The van der Waals surface area contributed by atoms with E-state index in [0.717, 1.165) is 0 Å². The van der Waals surface area contributed by atoms with Crippen LogP contribution < -0.4 is 19.5 Å². The van der Waals surface area contributed by atoms with Gasteiger partial charge in [-0.05, 0) is 54.6 Å². The number of ether oxygens (including phenoxy) is 3. The van der Waals surface area contributed by atoms with Crippen molar-refractivity contribution < 1.29 is 23.9 Å². The van der Waals surface area contributed by atoms with Crippen LogP contribution in [0.25, 0.3) is 0 Å². The van der Waals surface area contributed by atoms with Gasteiger partial charge in [-0.25, -0.2) is 0 Å². The number of nitro groups is 1. The molecule has 1 N–H and O–H groups in total. The van der Waals surface area contributed by atoms with Gasteiger partial charge in [-0.2, -0.15) is 0 Å². The lowest BCUT2D eigenvalue weighted by molar-refractivity contribution is -0.385. The average Bonchev–Trinajstić information content (AvgIpc) is 2.84. The zero-order chi connectivity index (χ0) is 24.8. The van der Waals surface area contributed by atoms with E-state index in [1.54, 1.807) is 72.8 Å². The van der Waals surface area contributed by atoms with E-state index in [0.29, 0.717) is 33.5 Å². The molecule has 0 saturated heterocycles. The third-order valence-corrected chi connectivity index (χ3v) is 5.05. The van der Waals surface area contributed by atoms with E-state index in [1.807, 2.05) is 0 Å². The molecule has 0 radical (unpaired) electrons. The van der Waals surface area contributed by atoms with Crippen LogP contribution in [0.4, 0.5) is 11.4 Å². The summed E-state index contributed by atoms with van der Waals surface area (Å²) in [7, 11) is 1.52. The number of benzene rings is 4. The van der Waals surface area contributed by atoms with Gasteiger partial charge in [-0.1, -0.05) is 29.8 Å². The minimum absolute atomic E-state index is 0.197. The van der Waals surface area contributed by atoms with Crippen molar-refractivity contribution in [3.63, 3.8) is 0 Å². The molecular weight excluding hydrogens is 472 g/mol. The predicted octanol–water partition coefficient (Wildman–Crippen LogP) is 7.09. The van der Waals surface area contributed by atoms with Crippen molar-refractivity contribution >= 4 is 28.9 Å². The van der Waals surface area contributed by atoms with Gasteiger partial charge in [-0.3, -0.25) is 14.9 Å². The number of nitro benzene ring substituents is 1. The van der Waals surface area contributed by atoms with E-state index in [-0.39, 0.29) is 23.1 Å². The van der Waals surface area contributed by atoms with E-state index in [4.69, 9.17) is 25.8 Å². The van der Waals surface area contributed by atoms with Crippen LogP contribution in [0.15, 0.2) is 91.0 Å². The quantitative estimate of drug-likeness (QED) is 0.209. The molecule has 0 fully saturated rings. The Kier molecular flexibility index (Phi) is 7.13. The second-order valence-electron chi connectivity index (χ2n) is 7.26. The molecule has 0 aliphatic heterocycles. The number of anilines is 1. The summed E-state index contributed by atoms with van der Waals surface area (Å²) in [6.45, 7) is 0. The number of nitrogens with one attached hydrogen (secondary N) is 1. The van der Waals surface area contributed by atoms with E-state index >= 15 is 0 Å². The van der Waals surface area contributed by atoms with Gasteiger partial charge < -0.3 is 19.5 Å². The number of methoxy groups -OCH3 is 1. The number of carbonyl (C=O) groups excluding carboxylic acids is 1. The Morgan fingerprint density at radius 3 is 2.17 bits per heavy atom. The zero-order valence-corrected chi connectivity index (χ0v) is 19.2. The van der Waals surface area contributed by atoms with E-state index < -0.39 is 4.92 Å². The molecule has 176 valence electrons. The van der Waals surface area contributed by atoms with Crippen molar-refractivity contribution in [1.29, 1.82) is 0 Å². The van der Waals surface area contributed by atoms with Gasteiger partial charge >= 0.3 is 0 Å². The van der Waals surface area contributed by atoms with Crippen LogP contribution in [0.2, 0.25) is 5.02 Å². The van der Waals surface area contributed by atoms with Gasteiger partial charge in [0, 0.05) is 16.7 Å². The van der Waals surface area contributed by atoms with Gasteiger partial charge in [0.2, 0.25) is 0 Å². The molecule has 0 aliphatic carbocycles. The fourth-order valence-electron chi connectivity index (χ4n) is 3.20. The molecule has 9 heteroatoms. The summed E-state index contributed by atoms with van der Waals surface area (Å²) in [4.78, 5) is 23.5. The lowest BCUT2D eigenvalue weighted by Gasteiger charge is -2.11. The second kappa shape index (κ2) is 10.6. The molecular formula is C26H19ClN2O6. The Balaban J connectivity index is 1.51. The Morgan fingerprint density at radius 2 is 1.51 bits per heavy atom. The number of amides is 1. The maximum Gasteiger partial charge on any atom is 0.276 e. The lowest BCUT2D eigenvalue weighted by atomic mass is 10.2. The SMILES string of the molecule is COc1ccccc1NC(=O)c1ccc(Oc2cc(Oc3cccc(Cl)c3)cc([N+](=O)[O-])c2)cc1. The van der Waals surface area contributed by atoms with Crippen molar-refractivity contribution in [2.45, 2.75) is 0 Å². The first-order valence-corrected chi connectivity index (χ1v) is 10.7. The molecule has 4 rings (SSSR count). The van der Waals surface area contributed by atoms with Gasteiger partial charge in [0.25, 0.3) is 11.6 Å². The van der Waals surface area contributed by atoms with Crippen LogP contribution in [0, 0.1) is 10.1 Å². The number of non-ortho nitro benzene ring substituents is 1. The first kappa shape index (κ1) is 23.6. The Hall–Kier alpha value is -4.56. The van der Waals surface area contributed by atoms with Crippen molar-refractivity contribution in [2.24, 2.45) is 0 Å². The minimum Gasteiger partial charge on any atom is -0.495 e. The first-order chi connectivity index (χ1) is 16.9. The highest BCUT2D eigenvalue weighted by molar-refractivity contribution is 6.30. The van der Waals surface area contributed by atoms with Gasteiger partial charge in [-0.15, -0.1) is 0 Å². The van der Waals surface area contributed by atoms with Crippen LogP contribution in [0.3, 0.4) is 0 Å². The van der Waals surface area contributed by atoms with E-state index in [9.17, 15) is 14.9 Å². The highest BCUT2D eigenvalue weighted by atomic mass is 35.5. The maximum absolute atomic E-state index is 12.6. The molecule has 0 atom stereocenters. The molecule has 8 nitrogen and oxygen atoms in total. The summed E-state index contributed by atoms with van der Waals surface area (Å²) in [6.07, 6.45) is 0. The fraction of sp³-hybridized carbons (Fsp3) is 0.0385. The van der Waals surface area contributed by atoms with Crippen LogP contribution >= 0.6 is 11.6 Å². The van der Waals surface area contributed by atoms with Crippen molar-refractivity contribution in [2.75, 3.05) is 12.4 Å². The summed E-state index contributed by atoms with van der Waals surface area (Å²) in [5.74, 6) is 1.44. The molecule has 35 heavy (non-hydrogen) atoms. The van der Waals surface area contributed by atoms with E-state index in [1.165, 1.54) is 25.3 Å². The molecule has 0 spiro atoms. The number of nitrogens with zero attached hydrogens (tertiary/aromatic N) is 1. The molecule has 0 heterocycles. The number of carbonyl (C=O) groups is 1. The Bertz CT molecular complexity index is 1370. The number of hydrogen-bond acceptors (Lipinski definition) is 6. The van der Waals surface area contributed by atoms with Crippen LogP contribution in [-0.2, 0) is 0 Å². The Labute approximate surface area is 205 Å². The molecule has 1 amide bonds. The number of rotatable bonds is 8. The average molecular weight is 491 g/mol. The van der Waals surface area contributed by atoms with Gasteiger partial charge in [0.15, 0.2) is 0 Å². The third-order valence-electron chi connectivity index (χ3n) is 4.81. The summed E-state index contributed by atoms with van der Waals surface area (Å²) in [5, 5.41) is 14.7. The predicted molar refractivity (Wildman–Crippen MR) is 132 cm³/mol. The minimum atomic E-state index is -0.539. The largest absolute Gasteiger partial charge is 0.495 e. The van der Waals surface area contributed by atoms with Gasteiger partial charge in [0.1, 0.15) is 28.7 Å². The highest BCUT2D eigenvalue weighted by Crippen LogP contribution is 2.34.